The monoisotopic (exact) mass is 261 g/mol. The fourth-order valence-electron chi connectivity index (χ4n) is 1.42. The minimum atomic E-state index is -0.978. The van der Waals surface area contributed by atoms with Crippen LogP contribution in [0.4, 0.5) is 0 Å². The Morgan fingerprint density at radius 1 is 1.26 bits per heavy atom. The van der Waals surface area contributed by atoms with E-state index in [-0.39, 0.29) is 18.0 Å². The lowest BCUT2D eigenvalue weighted by atomic mass is 10.1. The number of carboxylic acid groups (broad SMARTS) is 1. The predicted octanol–water partition coefficient (Wildman–Crippen LogP) is -0.312. The van der Waals surface area contributed by atoms with Gasteiger partial charge in [0.25, 0.3) is 0 Å². The van der Waals surface area contributed by atoms with Crippen LogP contribution < -0.4 is 5.32 Å². The summed E-state index contributed by atoms with van der Waals surface area (Å²) in [7, 11) is 0. The van der Waals surface area contributed by atoms with Gasteiger partial charge in [0.1, 0.15) is 12.9 Å². The summed E-state index contributed by atoms with van der Waals surface area (Å²) in [5.41, 5.74) is 1.03. The van der Waals surface area contributed by atoms with Crippen molar-refractivity contribution in [3.8, 4) is 0 Å². The number of benzene rings is 1. The Labute approximate surface area is 108 Å². The molecule has 0 unspecified atom stereocenters. The summed E-state index contributed by atoms with van der Waals surface area (Å²) in [6, 6.07) is 6.29. The largest absolute Gasteiger partial charge is 0.478 e. The van der Waals surface area contributed by atoms with Crippen molar-refractivity contribution in [3.05, 3.63) is 41.7 Å². The summed E-state index contributed by atoms with van der Waals surface area (Å²) in [6.45, 7) is 0.362. The van der Waals surface area contributed by atoms with E-state index in [2.05, 4.69) is 20.8 Å². The number of carbonyl (C=O) groups excluding carboxylic acids is 1. The maximum Gasteiger partial charge on any atom is 0.335 e. The van der Waals surface area contributed by atoms with Crippen molar-refractivity contribution in [2.45, 2.75) is 13.1 Å². The molecule has 1 aromatic heterocycles. The molecule has 0 aliphatic heterocycles. The van der Waals surface area contributed by atoms with Crippen LogP contribution in [-0.4, -0.2) is 37.2 Å². The number of nitrogens with one attached hydrogen (secondary N) is 1. The Hall–Kier alpha value is -2.77. The van der Waals surface area contributed by atoms with Crippen LogP contribution in [0.25, 0.3) is 0 Å². The van der Waals surface area contributed by atoms with E-state index in [9.17, 15) is 9.59 Å². The zero-order valence-electron chi connectivity index (χ0n) is 9.85. The number of aromatic nitrogens is 4. The zero-order valence-corrected chi connectivity index (χ0v) is 9.85. The number of carbonyl (C=O) groups is 2. The average Bonchev–Trinajstić information content (AvgIpc) is 2.89. The number of hydrogen-bond donors (Lipinski definition) is 2. The van der Waals surface area contributed by atoms with Gasteiger partial charge >= 0.3 is 5.97 Å². The van der Waals surface area contributed by atoms with Crippen molar-refractivity contribution >= 4 is 11.9 Å². The van der Waals surface area contributed by atoms with E-state index in [1.165, 1.54) is 23.1 Å². The highest BCUT2D eigenvalue weighted by Gasteiger charge is 2.05. The van der Waals surface area contributed by atoms with E-state index < -0.39 is 5.97 Å². The summed E-state index contributed by atoms with van der Waals surface area (Å²) in [5, 5.41) is 21.8. The molecular formula is C11H11N5O3. The molecule has 0 atom stereocenters. The SMILES string of the molecule is O=C(Cn1cnnn1)NCc1ccc(C(=O)O)cc1. The Morgan fingerprint density at radius 2 is 2.00 bits per heavy atom. The van der Waals surface area contributed by atoms with Crippen LogP contribution in [0.3, 0.4) is 0 Å². The number of carboxylic acids is 1. The lowest BCUT2D eigenvalue weighted by Crippen LogP contribution is -2.27. The van der Waals surface area contributed by atoms with Gasteiger partial charge in [-0.25, -0.2) is 9.48 Å². The molecule has 0 bridgehead atoms. The third-order valence-corrected chi connectivity index (χ3v) is 2.39. The van der Waals surface area contributed by atoms with Gasteiger partial charge in [-0.3, -0.25) is 4.79 Å². The maximum atomic E-state index is 11.5. The second-order valence-electron chi connectivity index (χ2n) is 3.79. The van der Waals surface area contributed by atoms with Gasteiger partial charge in [-0.05, 0) is 28.1 Å². The lowest BCUT2D eigenvalue weighted by molar-refractivity contribution is -0.122. The average molecular weight is 261 g/mol. The highest BCUT2D eigenvalue weighted by atomic mass is 16.4. The first kappa shape index (κ1) is 12.7. The standard InChI is InChI=1S/C11H11N5O3/c17-10(6-16-7-13-14-15-16)12-5-8-1-3-9(4-2-8)11(18)19/h1-4,7H,5-6H2,(H,12,17)(H,18,19). The second-order valence-corrected chi connectivity index (χ2v) is 3.79. The summed E-state index contributed by atoms with van der Waals surface area (Å²) in [6.07, 6.45) is 1.35. The highest BCUT2D eigenvalue weighted by Crippen LogP contribution is 2.04. The Morgan fingerprint density at radius 3 is 2.58 bits per heavy atom. The number of amides is 1. The predicted molar refractivity (Wildman–Crippen MR) is 63.1 cm³/mol. The van der Waals surface area contributed by atoms with Crippen LogP contribution in [0.5, 0.6) is 0 Å². The smallest absolute Gasteiger partial charge is 0.335 e. The van der Waals surface area contributed by atoms with E-state index >= 15 is 0 Å². The fourth-order valence-corrected chi connectivity index (χ4v) is 1.42. The molecule has 1 aromatic carbocycles. The molecule has 2 rings (SSSR count). The third kappa shape index (κ3) is 3.60. The highest BCUT2D eigenvalue weighted by molar-refractivity contribution is 5.87. The Balaban J connectivity index is 1.84. The van der Waals surface area contributed by atoms with E-state index in [1.54, 1.807) is 12.1 Å². The van der Waals surface area contributed by atoms with Gasteiger partial charge < -0.3 is 10.4 Å². The third-order valence-electron chi connectivity index (χ3n) is 2.39. The van der Waals surface area contributed by atoms with Crippen LogP contribution in [0.1, 0.15) is 15.9 Å². The molecule has 8 heteroatoms. The van der Waals surface area contributed by atoms with Crippen LogP contribution in [0.2, 0.25) is 0 Å². The first-order chi connectivity index (χ1) is 9.15. The van der Waals surface area contributed by atoms with E-state index in [0.29, 0.717) is 6.54 Å². The summed E-state index contributed by atoms with van der Waals surface area (Å²) in [4.78, 5) is 22.2. The van der Waals surface area contributed by atoms with Crippen molar-refractivity contribution in [1.29, 1.82) is 0 Å². The molecular weight excluding hydrogens is 250 g/mol. The van der Waals surface area contributed by atoms with Crippen molar-refractivity contribution in [2.24, 2.45) is 0 Å². The van der Waals surface area contributed by atoms with E-state index in [4.69, 9.17) is 5.11 Å². The first-order valence-electron chi connectivity index (χ1n) is 5.45. The van der Waals surface area contributed by atoms with E-state index in [0.717, 1.165) is 5.56 Å². The molecule has 0 spiro atoms. The molecule has 2 N–H and O–H groups in total. The summed E-state index contributed by atoms with van der Waals surface area (Å²) in [5.74, 6) is -1.20. The number of nitrogens with zero attached hydrogens (tertiary/aromatic N) is 4. The van der Waals surface area contributed by atoms with Crippen molar-refractivity contribution in [1.82, 2.24) is 25.5 Å². The normalized spacial score (nSPS) is 10.1. The van der Waals surface area contributed by atoms with Crippen LogP contribution in [0, 0.1) is 0 Å². The molecule has 0 aliphatic carbocycles. The van der Waals surface area contributed by atoms with Gasteiger partial charge in [-0.15, -0.1) is 5.10 Å². The lowest BCUT2D eigenvalue weighted by Gasteiger charge is -2.05. The number of tetrazole rings is 1. The molecule has 1 heterocycles. The molecule has 0 saturated heterocycles. The summed E-state index contributed by atoms with van der Waals surface area (Å²) < 4.78 is 1.31. The van der Waals surface area contributed by atoms with Crippen molar-refractivity contribution in [2.75, 3.05) is 0 Å². The minimum Gasteiger partial charge on any atom is -0.478 e. The molecule has 98 valence electrons. The maximum absolute atomic E-state index is 11.5. The zero-order chi connectivity index (χ0) is 13.7. The fraction of sp³-hybridized carbons (Fsp3) is 0.182. The molecule has 2 aromatic rings. The number of hydrogen-bond acceptors (Lipinski definition) is 5. The van der Waals surface area contributed by atoms with E-state index in [1.807, 2.05) is 0 Å². The number of aromatic carboxylic acids is 1. The molecule has 0 saturated carbocycles. The first-order valence-corrected chi connectivity index (χ1v) is 5.45. The van der Waals surface area contributed by atoms with Gasteiger partial charge in [0, 0.05) is 6.54 Å². The van der Waals surface area contributed by atoms with Crippen molar-refractivity contribution in [3.63, 3.8) is 0 Å². The van der Waals surface area contributed by atoms with Crippen molar-refractivity contribution < 1.29 is 14.7 Å². The molecule has 0 fully saturated rings. The van der Waals surface area contributed by atoms with Gasteiger partial charge in [-0.1, -0.05) is 12.1 Å². The minimum absolute atomic E-state index is 0.0419. The van der Waals surface area contributed by atoms with Gasteiger partial charge in [-0.2, -0.15) is 0 Å². The summed E-state index contributed by atoms with van der Waals surface area (Å²) >= 11 is 0. The topological polar surface area (TPSA) is 110 Å². The van der Waals surface area contributed by atoms with Crippen LogP contribution in [-0.2, 0) is 17.9 Å². The molecule has 1 amide bonds. The van der Waals surface area contributed by atoms with Gasteiger partial charge in [0.05, 0.1) is 5.56 Å². The Kier molecular flexibility index (Phi) is 3.81. The van der Waals surface area contributed by atoms with Gasteiger partial charge in [0.2, 0.25) is 5.91 Å². The molecule has 0 radical (unpaired) electrons. The van der Waals surface area contributed by atoms with Crippen LogP contribution >= 0.6 is 0 Å². The van der Waals surface area contributed by atoms with Gasteiger partial charge in [0.15, 0.2) is 0 Å². The second kappa shape index (κ2) is 5.71. The Bertz CT molecular complexity index is 565. The quantitative estimate of drug-likeness (QED) is 0.763. The molecule has 19 heavy (non-hydrogen) atoms. The number of rotatable bonds is 5. The molecule has 8 nitrogen and oxygen atoms in total. The van der Waals surface area contributed by atoms with Crippen LogP contribution in [0.15, 0.2) is 30.6 Å². The molecule has 0 aliphatic rings.